The number of hydrazine groups is 1. The van der Waals surface area contributed by atoms with E-state index in [-0.39, 0.29) is 6.03 Å². The van der Waals surface area contributed by atoms with Crippen LogP contribution in [0.3, 0.4) is 0 Å². The standard InChI is InChI=1S/C9H17N3O2/c13-9(10-8-2-1-3-8)11-12-4-6-14-7-5-12/h8H,1-7H2,(H2,10,11,13). The van der Waals surface area contributed by atoms with Gasteiger partial charge in [0.2, 0.25) is 0 Å². The van der Waals surface area contributed by atoms with E-state index >= 15 is 0 Å². The minimum atomic E-state index is -0.0726. The van der Waals surface area contributed by atoms with Crippen LogP contribution < -0.4 is 10.7 Å². The molecule has 2 aliphatic rings. The van der Waals surface area contributed by atoms with Crippen LogP contribution in [0, 0.1) is 0 Å². The molecule has 1 saturated heterocycles. The molecule has 2 fully saturated rings. The van der Waals surface area contributed by atoms with Crippen LogP contribution in [0.2, 0.25) is 0 Å². The van der Waals surface area contributed by atoms with Gasteiger partial charge < -0.3 is 10.1 Å². The van der Waals surface area contributed by atoms with Crippen molar-refractivity contribution < 1.29 is 9.53 Å². The minimum Gasteiger partial charge on any atom is -0.379 e. The van der Waals surface area contributed by atoms with Crippen LogP contribution in [0.25, 0.3) is 0 Å². The fourth-order valence-corrected chi connectivity index (χ4v) is 1.59. The summed E-state index contributed by atoms with van der Waals surface area (Å²) in [6.45, 7) is 2.95. The third kappa shape index (κ3) is 2.59. The Labute approximate surface area is 83.8 Å². The van der Waals surface area contributed by atoms with E-state index in [1.807, 2.05) is 5.01 Å². The zero-order valence-corrected chi connectivity index (χ0v) is 8.29. The first-order chi connectivity index (χ1) is 6.84. The second-order valence-corrected chi connectivity index (χ2v) is 3.81. The second kappa shape index (κ2) is 4.61. The Morgan fingerprint density at radius 1 is 1.29 bits per heavy atom. The Balaban J connectivity index is 1.64. The van der Waals surface area contributed by atoms with E-state index in [1.54, 1.807) is 0 Å². The number of ether oxygens (including phenoxy) is 1. The summed E-state index contributed by atoms with van der Waals surface area (Å²) in [5, 5.41) is 4.83. The normalized spacial score (nSPS) is 24.0. The van der Waals surface area contributed by atoms with Crippen LogP contribution >= 0.6 is 0 Å². The van der Waals surface area contributed by atoms with Gasteiger partial charge >= 0.3 is 6.03 Å². The summed E-state index contributed by atoms with van der Waals surface area (Å²) in [6.07, 6.45) is 3.48. The Morgan fingerprint density at radius 2 is 2.00 bits per heavy atom. The molecule has 1 aliphatic carbocycles. The lowest BCUT2D eigenvalue weighted by atomic mass is 9.93. The maximum atomic E-state index is 11.4. The lowest BCUT2D eigenvalue weighted by molar-refractivity contribution is 0.0190. The monoisotopic (exact) mass is 199 g/mol. The average molecular weight is 199 g/mol. The molecule has 1 heterocycles. The van der Waals surface area contributed by atoms with Gasteiger partial charge in [0.15, 0.2) is 0 Å². The highest BCUT2D eigenvalue weighted by Crippen LogP contribution is 2.17. The average Bonchev–Trinajstić information content (AvgIpc) is 2.13. The smallest absolute Gasteiger partial charge is 0.329 e. The highest BCUT2D eigenvalue weighted by atomic mass is 16.5. The van der Waals surface area contributed by atoms with Crippen molar-refractivity contribution in [1.29, 1.82) is 0 Å². The maximum Gasteiger partial charge on any atom is 0.329 e. The van der Waals surface area contributed by atoms with Crippen molar-refractivity contribution in [3.63, 3.8) is 0 Å². The zero-order valence-electron chi connectivity index (χ0n) is 8.29. The SMILES string of the molecule is O=C(NC1CCC1)NN1CCOCC1. The van der Waals surface area contributed by atoms with E-state index < -0.39 is 0 Å². The van der Waals surface area contributed by atoms with Crippen LogP contribution in [0.15, 0.2) is 0 Å². The van der Waals surface area contributed by atoms with Crippen molar-refractivity contribution in [3.8, 4) is 0 Å². The van der Waals surface area contributed by atoms with Gasteiger partial charge in [-0.2, -0.15) is 0 Å². The summed E-state index contributed by atoms with van der Waals surface area (Å²) in [5.41, 5.74) is 2.82. The van der Waals surface area contributed by atoms with Gasteiger partial charge in [-0.3, -0.25) is 5.43 Å². The van der Waals surface area contributed by atoms with E-state index in [1.165, 1.54) is 6.42 Å². The fourth-order valence-electron chi connectivity index (χ4n) is 1.59. The Hall–Kier alpha value is -0.810. The molecule has 1 saturated carbocycles. The topological polar surface area (TPSA) is 53.6 Å². The molecule has 0 aromatic carbocycles. The molecule has 0 unspecified atom stereocenters. The number of amides is 2. The number of carbonyl (C=O) groups is 1. The van der Waals surface area contributed by atoms with Gasteiger partial charge in [0.1, 0.15) is 0 Å². The molecule has 0 bridgehead atoms. The van der Waals surface area contributed by atoms with Crippen molar-refractivity contribution >= 4 is 6.03 Å². The van der Waals surface area contributed by atoms with Gasteiger partial charge in [-0.25, -0.2) is 9.80 Å². The number of rotatable bonds is 2. The first-order valence-electron chi connectivity index (χ1n) is 5.24. The molecule has 5 nitrogen and oxygen atoms in total. The molecule has 2 amide bonds. The Morgan fingerprint density at radius 3 is 2.57 bits per heavy atom. The van der Waals surface area contributed by atoms with Gasteiger partial charge in [0.05, 0.1) is 13.2 Å². The van der Waals surface area contributed by atoms with Crippen LogP contribution in [0.4, 0.5) is 4.79 Å². The van der Waals surface area contributed by atoms with Gasteiger partial charge in [-0.15, -0.1) is 0 Å². The summed E-state index contributed by atoms with van der Waals surface area (Å²) in [7, 11) is 0. The molecular formula is C9H17N3O2. The largest absolute Gasteiger partial charge is 0.379 e. The zero-order chi connectivity index (χ0) is 9.80. The van der Waals surface area contributed by atoms with E-state index in [4.69, 9.17) is 4.74 Å². The molecule has 2 N–H and O–H groups in total. The number of urea groups is 1. The second-order valence-electron chi connectivity index (χ2n) is 3.81. The summed E-state index contributed by atoms with van der Waals surface area (Å²) in [4.78, 5) is 11.4. The number of hydrogen-bond acceptors (Lipinski definition) is 3. The summed E-state index contributed by atoms with van der Waals surface area (Å²) >= 11 is 0. The number of nitrogens with zero attached hydrogens (tertiary/aromatic N) is 1. The summed E-state index contributed by atoms with van der Waals surface area (Å²) < 4.78 is 5.18. The molecule has 0 spiro atoms. The van der Waals surface area contributed by atoms with Crippen molar-refractivity contribution in [1.82, 2.24) is 15.8 Å². The van der Waals surface area contributed by atoms with Crippen molar-refractivity contribution in [2.75, 3.05) is 26.3 Å². The number of morpholine rings is 1. The van der Waals surface area contributed by atoms with Gasteiger partial charge in [-0.1, -0.05) is 0 Å². The fraction of sp³-hybridized carbons (Fsp3) is 0.889. The van der Waals surface area contributed by atoms with E-state index in [2.05, 4.69) is 10.7 Å². The van der Waals surface area contributed by atoms with Crippen LogP contribution in [-0.2, 0) is 4.74 Å². The molecule has 14 heavy (non-hydrogen) atoms. The molecule has 0 radical (unpaired) electrons. The Kier molecular flexibility index (Phi) is 3.21. The van der Waals surface area contributed by atoms with Gasteiger partial charge in [0, 0.05) is 19.1 Å². The minimum absolute atomic E-state index is 0.0726. The maximum absolute atomic E-state index is 11.4. The highest BCUT2D eigenvalue weighted by molar-refractivity contribution is 5.73. The van der Waals surface area contributed by atoms with Crippen molar-refractivity contribution in [3.05, 3.63) is 0 Å². The summed E-state index contributed by atoms with van der Waals surface area (Å²) in [6, 6.07) is 0.327. The third-order valence-electron chi connectivity index (χ3n) is 2.71. The molecule has 0 atom stereocenters. The van der Waals surface area contributed by atoms with E-state index in [9.17, 15) is 4.79 Å². The van der Waals surface area contributed by atoms with Crippen LogP contribution in [-0.4, -0.2) is 43.4 Å². The predicted molar refractivity (Wildman–Crippen MR) is 51.7 cm³/mol. The quantitative estimate of drug-likeness (QED) is 0.662. The molecule has 0 aromatic heterocycles. The third-order valence-corrected chi connectivity index (χ3v) is 2.71. The Bertz CT molecular complexity index is 200. The molecule has 2 rings (SSSR count). The first kappa shape index (κ1) is 9.73. The van der Waals surface area contributed by atoms with Crippen molar-refractivity contribution in [2.45, 2.75) is 25.3 Å². The number of carbonyl (C=O) groups excluding carboxylic acids is 1. The van der Waals surface area contributed by atoms with Crippen LogP contribution in [0.5, 0.6) is 0 Å². The van der Waals surface area contributed by atoms with Crippen LogP contribution in [0.1, 0.15) is 19.3 Å². The number of hydrogen-bond donors (Lipinski definition) is 2. The van der Waals surface area contributed by atoms with Gasteiger partial charge in [0.25, 0.3) is 0 Å². The molecule has 80 valence electrons. The van der Waals surface area contributed by atoms with E-state index in [0.29, 0.717) is 19.3 Å². The predicted octanol–water partition coefficient (Wildman–Crippen LogP) is 0.0853. The first-order valence-corrected chi connectivity index (χ1v) is 5.24. The molecular weight excluding hydrogens is 182 g/mol. The van der Waals surface area contributed by atoms with Crippen molar-refractivity contribution in [2.24, 2.45) is 0 Å². The lowest BCUT2D eigenvalue weighted by Crippen LogP contribution is -2.54. The molecule has 1 aliphatic heterocycles. The summed E-state index contributed by atoms with van der Waals surface area (Å²) in [5.74, 6) is 0. The van der Waals surface area contributed by atoms with E-state index in [0.717, 1.165) is 25.9 Å². The number of nitrogens with one attached hydrogen (secondary N) is 2. The van der Waals surface area contributed by atoms with Gasteiger partial charge in [-0.05, 0) is 19.3 Å². The lowest BCUT2D eigenvalue weighted by Gasteiger charge is -2.30. The molecule has 0 aromatic rings. The highest BCUT2D eigenvalue weighted by Gasteiger charge is 2.20. The molecule has 5 heteroatoms.